The highest BCUT2D eigenvalue weighted by atomic mass is 19.4. The van der Waals surface area contributed by atoms with Crippen LogP contribution in [0.5, 0.6) is 0 Å². The lowest BCUT2D eigenvalue weighted by Crippen LogP contribution is -2.81. The molecule has 0 spiro atoms. The molecule has 1 aromatic rings. The number of alkyl halides is 3. The second kappa shape index (κ2) is 5.04. The van der Waals surface area contributed by atoms with Crippen molar-refractivity contribution < 1.29 is 23.4 Å². The van der Waals surface area contributed by atoms with Gasteiger partial charge in [0.1, 0.15) is 5.56 Å². The van der Waals surface area contributed by atoms with Gasteiger partial charge in [0, 0.05) is 18.2 Å². The Kier molecular flexibility index (Phi) is 3.61. The van der Waals surface area contributed by atoms with Gasteiger partial charge < -0.3 is 10.6 Å². The lowest BCUT2D eigenvalue weighted by molar-refractivity contribution is -0.636. The van der Waals surface area contributed by atoms with Crippen molar-refractivity contribution in [2.75, 3.05) is 18.4 Å². The third kappa shape index (κ3) is 3.14. The Morgan fingerprint density at radius 1 is 1.42 bits per heavy atom. The number of nitrogens with two attached hydrogens (primary N) is 1. The normalized spacial score (nSPS) is 19.4. The van der Waals surface area contributed by atoms with E-state index in [0.717, 1.165) is 31.6 Å². The SMILES string of the molecule is O=[N+]([O-])c1ccc(N[C@@H]2CC[NH2+]C2)cc1C(F)(F)F. The summed E-state index contributed by atoms with van der Waals surface area (Å²) in [6, 6.07) is 3.11. The molecule has 2 rings (SSSR count). The molecule has 1 heterocycles. The van der Waals surface area contributed by atoms with Gasteiger partial charge in [-0.1, -0.05) is 0 Å². The number of hydrogen-bond donors (Lipinski definition) is 2. The van der Waals surface area contributed by atoms with Crippen molar-refractivity contribution in [3.8, 4) is 0 Å². The molecule has 1 saturated heterocycles. The van der Waals surface area contributed by atoms with Crippen LogP contribution in [0.2, 0.25) is 0 Å². The molecule has 0 radical (unpaired) electrons. The van der Waals surface area contributed by atoms with Gasteiger partial charge >= 0.3 is 6.18 Å². The first-order valence-electron chi connectivity index (χ1n) is 5.82. The predicted molar refractivity (Wildman–Crippen MR) is 61.8 cm³/mol. The fourth-order valence-corrected chi connectivity index (χ4v) is 2.13. The second-order valence-corrected chi connectivity index (χ2v) is 4.43. The third-order valence-corrected chi connectivity index (χ3v) is 3.04. The highest BCUT2D eigenvalue weighted by molar-refractivity contribution is 5.55. The van der Waals surface area contributed by atoms with E-state index in [1.807, 2.05) is 0 Å². The van der Waals surface area contributed by atoms with Gasteiger partial charge in [0.2, 0.25) is 0 Å². The van der Waals surface area contributed by atoms with Crippen molar-refractivity contribution in [1.82, 2.24) is 0 Å². The number of hydrogen-bond acceptors (Lipinski definition) is 3. The van der Waals surface area contributed by atoms with E-state index >= 15 is 0 Å². The lowest BCUT2D eigenvalue weighted by atomic mass is 10.1. The van der Waals surface area contributed by atoms with Crippen molar-refractivity contribution in [2.24, 2.45) is 0 Å². The Morgan fingerprint density at radius 3 is 2.68 bits per heavy atom. The second-order valence-electron chi connectivity index (χ2n) is 4.43. The van der Waals surface area contributed by atoms with Crippen molar-refractivity contribution in [2.45, 2.75) is 18.6 Å². The van der Waals surface area contributed by atoms with E-state index in [4.69, 9.17) is 0 Å². The topological polar surface area (TPSA) is 71.8 Å². The standard InChI is InChI=1S/C11H12F3N3O2/c12-11(13,14)9-5-7(1-2-10(9)17(18)19)16-8-3-4-15-6-8/h1-2,5,8,15-16H,3-4,6H2/p+1/t8-/m1/s1. The molecule has 0 unspecified atom stereocenters. The first-order valence-corrected chi connectivity index (χ1v) is 5.82. The molecule has 1 aromatic carbocycles. The summed E-state index contributed by atoms with van der Waals surface area (Å²) in [5.41, 5.74) is -1.88. The average molecular weight is 276 g/mol. The van der Waals surface area contributed by atoms with E-state index in [9.17, 15) is 23.3 Å². The number of halogens is 3. The molecule has 0 bridgehead atoms. The number of quaternary nitrogens is 1. The van der Waals surface area contributed by atoms with Gasteiger partial charge in [-0.25, -0.2) is 0 Å². The van der Waals surface area contributed by atoms with Crippen LogP contribution < -0.4 is 10.6 Å². The minimum atomic E-state index is -4.73. The minimum Gasteiger partial charge on any atom is -0.377 e. The summed E-state index contributed by atoms with van der Waals surface area (Å²) in [6.45, 7) is 1.72. The Bertz CT molecular complexity index is 485. The van der Waals surface area contributed by atoms with Crippen LogP contribution >= 0.6 is 0 Å². The lowest BCUT2D eigenvalue weighted by Gasteiger charge is -2.13. The fraction of sp³-hybridized carbons (Fsp3) is 0.455. The van der Waals surface area contributed by atoms with Crippen LogP contribution in [0.4, 0.5) is 24.5 Å². The van der Waals surface area contributed by atoms with E-state index in [2.05, 4.69) is 10.6 Å². The molecule has 0 amide bonds. The van der Waals surface area contributed by atoms with Gasteiger partial charge in [-0.2, -0.15) is 13.2 Å². The molecule has 8 heteroatoms. The Morgan fingerprint density at radius 2 is 2.16 bits per heavy atom. The molecule has 104 valence electrons. The van der Waals surface area contributed by atoms with Gasteiger partial charge in [0.05, 0.1) is 24.1 Å². The number of anilines is 1. The number of rotatable bonds is 3. The third-order valence-electron chi connectivity index (χ3n) is 3.04. The number of nitro benzene ring substituents is 1. The smallest absolute Gasteiger partial charge is 0.377 e. The first-order chi connectivity index (χ1) is 8.88. The van der Waals surface area contributed by atoms with Crippen LogP contribution in [-0.4, -0.2) is 24.1 Å². The maximum Gasteiger partial charge on any atom is 0.423 e. The van der Waals surface area contributed by atoms with E-state index in [1.165, 1.54) is 6.07 Å². The summed E-state index contributed by atoms with van der Waals surface area (Å²) < 4.78 is 38.3. The molecule has 0 saturated carbocycles. The monoisotopic (exact) mass is 276 g/mol. The van der Waals surface area contributed by atoms with Crippen LogP contribution in [-0.2, 0) is 6.18 Å². The minimum absolute atomic E-state index is 0.0996. The van der Waals surface area contributed by atoms with Crippen molar-refractivity contribution >= 4 is 11.4 Å². The zero-order chi connectivity index (χ0) is 14.0. The zero-order valence-electron chi connectivity index (χ0n) is 9.91. The first kappa shape index (κ1) is 13.6. The molecule has 1 aliphatic heterocycles. The van der Waals surface area contributed by atoms with Gasteiger partial charge in [0.15, 0.2) is 0 Å². The highest BCUT2D eigenvalue weighted by Gasteiger charge is 2.38. The summed E-state index contributed by atoms with van der Waals surface area (Å²) in [5.74, 6) is 0. The molecule has 0 aliphatic carbocycles. The maximum absolute atomic E-state index is 12.8. The summed E-state index contributed by atoms with van der Waals surface area (Å²) in [7, 11) is 0. The van der Waals surface area contributed by atoms with Gasteiger partial charge in [-0.3, -0.25) is 10.1 Å². The summed E-state index contributed by atoms with van der Waals surface area (Å²) in [6.07, 6.45) is -3.87. The van der Waals surface area contributed by atoms with Crippen molar-refractivity contribution in [3.63, 3.8) is 0 Å². The number of nitro groups is 1. The quantitative estimate of drug-likeness (QED) is 0.647. The van der Waals surface area contributed by atoms with Crippen LogP contribution in [0.1, 0.15) is 12.0 Å². The Balaban J connectivity index is 2.29. The predicted octanol–water partition coefficient (Wildman–Crippen LogP) is 1.36. The molecule has 1 atom stereocenters. The number of benzene rings is 1. The molecule has 1 fully saturated rings. The summed E-state index contributed by atoms with van der Waals surface area (Å²) in [4.78, 5) is 9.59. The van der Waals surface area contributed by atoms with Crippen LogP contribution in [0, 0.1) is 10.1 Å². The van der Waals surface area contributed by atoms with E-state index in [-0.39, 0.29) is 11.7 Å². The largest absolute Gasteiger partial charge is 0.423 e. The van der Waals surface area contributed by atoms with Gasteiger partial charge in [-0.15, -0.1) is 0 Å². The summed E-state index contributed by atoms with van der Waals surface area (Å²) >= 11 is 0. The molecule has 0 aromatic heterocycles. The fourth-order valence-electron chi connectivity index (χ4n) is 2.13. The van der Waals surface area contributed by atoms with Crippen LogP contribution in [0.3, 0.4) is 0 Å². The van der Waals surface area contributed by atoms with E-state index in [0.29, 0.717) is 0 Å². The molecular formula is C11H13F3N3O2+. The molecule has 5 nitrogen and oxygen atoms in total. The van der Waals surface area contributed by atoms with E-state index in [1.54, 1.807) is 0 Å². The molecule has 1 aliphatic rings. The Hall–Kier alpha value is -1.83. The average Bonchev–Trinajstić information content (AvgIpc) is 2.80. The maximum atomic E-state index is 12.8. The zero-order valence-corrected chi connectivity index (χ0v) is 9.91. The number of nitrogens with zero attached hydrogens (tertiary/aromatic N) is 1. The van der Waals surface area contributed by atoms with Crippen LogP contribution in [0.15, 0.2) is 18.2 Å². The summed E-state index contributed by atoms with van der Waals surface area (Å²) in [5, 5.41) is 15.6. The van der Waals surface area contributed by atoms with Gasteiger partial charge in [0.25, 0.3) is 5.69 Å². The number of nitrogens with one attached hydrogen (secondary N) is 1. The highest BCUT2D eigenvalue weighted by Crippen LogP contribution is 2.37. The molecular weight excluding hydrogens is 263 g/mol. The van der Waals surface area contributed by atoms with E-state index < -0.39 is 22.4 Å². The Labute approximate surface area is 106 Å². The van der Waals surface area contributed by atoms with Crippen LogP contribution in [0.25, 0.3) is 0 Å². The van der Waals surface area contributed by atoms with Gasteiger partial charge in [-0.05, 0) is 12.1 Å². The van der Waals surface area contributed by atoms with Crippen molar-refractivity contribution in [1.29, 1.82) is 0 Å². The molecule has 19 heavy (non-hydrogen) atoms. The molecule has 3 N–H and O–H groups in total. The van der Waals surface area contributed by atoms with Crippen molar-refractivity contribution in [3.05, 3.63) is 33.9 Å².